The van der Waals surface area contributed by atoms with Crippen LogP contribution in [0, 0.1) is 18.3 Å². The van der Waals surface area contributed by atoms with Gasteiger partial charge in [-0.05, 0) is 29.9 Å². The van der Waals surface area contributed by atoms with Crippen LogP contribution in [0.2, 0.25) is 0 Å². The van der Waals surface area contributed by atoms with E-state index in [4.69, 9.17) is 12.2 Å². The van der Waals surface area contributed by atoms with Crippen LogP contribution in [0.5, 0.6) is 0 Å². The van der Waals surface area contributed by atoms with Crippen LogP contribution in [0.4, 0.5) is 0 Å². The molecule has 0 aromatic heterocycles. The molecule has 2 heteroatoms. The van der Waals surface area contributed by atoms with Gasteiger partial charge in [0.15, 0.2) is 0 Å². The van der Waals surface area contributed by atoms with Gasteiger partial charge >= 0.3 is 0 Å². The Kier molecular flexibility index (Phi) is 7.36. The number of hydrogen-bond acceptors (Lipinski definition) is 2. The summed E-state index contributed by atoms with van der Waals surface area (Å²) in [4.78, 5) is 0. The molecule has 0 saturated carbocycles. The molecule has 2 atom stereocenters. The summed E-state index contributed by atoms with van der Waals surface area (Å²) in [5, 5.41) is 3.47. The summed E-state index contributed by atoms with van der Waals surface area (Å²) in [6.07, 6.45) is 8.74. The van der Waals surface area contributed by atoms with E-state index in [-0.39, 0.29) is 12.1 Å². The lowest BCUT2D eigenvalue weighted by Crippen LogP contribution is -2.35. The van der Waals surface area contributed by atoms with Crippen molar-refractivity contribution >= 4 is 0 Å². The van der Waals surface area contributed by atoms with Crippen molar-refractivity contribution in [3.05, 3.63) is 35.4 Å². The number of nitrogens with one attached hydrogen (secondary N) is 1. The molecule has 0 aliphatic rings. The van der Waals surface area contributed by atoms with E-state index in [1.54, 1.807) is 0 Å². The second-order valence-corrected chi connectivity index (χ2v) is 5.80. The quantitative estimate of drug-likeness (QED) is 0.713. The molecule has 0 bridgehead atoms. The number of terminal acetylenes is 1. The van der Waals surface area contributed by atoms with Gasteiger partial charge in [-0.2, -0.15) is 0 Å². The lowest BCUT2D eigenvalue weighted by Gasteiger charge is -2.22. The Morgan fingerprint density at radius 1 is 1.25 bits per heavy atom. The highest BCUT2D eigenvalue weighted by molar-refractivity contribution is 5.26. The number of hydrogen-bond donors (Lipinski definition) is 2. The maximum absolute atomic E-state index is 5.89. The Balaban J connectivity index is 2.72. The Bertz CT molecular complexity index is 414. The standard InChI is InChI=1S/C18H28N2/c1-5-7-17(6-2)20-18(13-19)16-10-8-15(9-11-16)12-14(3)4/h2,8-11,14,17-18,20H,5,7,12-13,19H2,1,3-4H3. The van der Waals surface area contributed by atoms with Crippen LogP contribution in [0.3, 0.4) is 0 Å². The van der Waals surface area contributed by atoms with Crippen molar-refractivity contribution in [1.82, 2.24) is 5.32 Å². The Morgan fingerprint density at radius 2 is 1.90 bits per heavy atom. The number of rotatable bonds is 8. The highest BCUT2D eigenvalue weighted by Gasteiger charge is 2.13. The minimum absolute atomic E-state index is 0.101. The third-order valence-corrected chi connectivity index (χ3v) is 3.44. The van der Waals surface area contributed by atoms with Gasteiger partial charge in [-0.15, -0.1) is 6.42 Å². The van der Waals surface area contributed by atoms with Crippen LogP contribution in [-0.2, 0) is 6.42 Å². The molecule has 2 unspecified atom stereocenters. The van der Waals surface area contributed by atoms with Gasteiger partial charge in [0.05, 0.1) is 6.04 Å². The van der Waals surface area contributed by atoms with Crippen molar-refractivity contribution in [2.45, 2.75) is 52.1 Å². The van der Waals surface area contributed by atoms with Crippen molar-refractivity contribution in [3.8, 4) is 12.3 Å². The predicted molar refractivity (Wildman–Crippen MR) is 87.4 cm³/mol. The molecule has 0 aliphatic heterocycles. The molecule has 0 fully saturated rings. The van der Waals surface area contributed by atoms with Crippen LogP contribution < -0.4 is 11.1 Å². The maximum atomic E-state index is 5.89. The molecule has 0 amide bonds. The van der Waals surface area contributed by atoms with Crippen molar-refractivity contribution in [2.24, 2.45) is 11.7 Å². The summed E-state index contributed by atoms with van der Waals surface area (Å²) in [6, 6.07) is 8.97. The van der Waals surface area contributed by atoms with Gasteiger partial charge in [0.1, 0.15) is 0 Å². The maximum Gasteiger partial charge on any atom is 0.0692 e. The lowest BCUT2D eigenvalue weighted by molar-refractivity contribution is 0.475. The largest absolute Gasteiger partial charge is 0.329 e. The van der Waals surface area contributed by atoms with Gasteiger partial charge < -0.3 is 5.73 Å². The SMILES string of the molecule is C#CC(CCC)NC(CN)c1ccc(CC(C)C)cc1. The highest BCUT2D eigenvalue weighted by atomic mass is 15.0. The Morgan fingerprint density at radius 3 is 2.35 bits per heavy atom. The minimum Gasteiger partial charge on any atom is -0.329 e. The van der Waals surface area contributed by atoms with E-state index >= 15 is 0 Å². The summed E-state index contributed by atoms with van der Waals surface area (Å²) < 4.78 is 0. The summed E-state index contributed by atoms with van der Waals surface area (Å²) >= 11 is 0. The summed E-state index contributed by atoms with van der Waals surface area (Å²) in [7, 11) is 0. The van der Waals surface area contributed by atoms with E-state index in [0.29, 0.717) is 12.5 Å². The Labute approximate surface area is 124 Å². The van der Waals surface area contributed by atoms with Crippen LogP contribution in [0.25, 0.3) is 0 Å². The smallest absolute Gasteiger partial charge is 0.0692 e. The minimum atomic E-state index is 0.101. The topological polar surface area (TPSA) is 38.0 Å². The van der Waals surface area contributed by atoms with E-state index in [0.717, 1.165) is 19.3 Å². The van der Waals surface area contributed by atoms with Crippen molar-refractivity contribution in [1.29, 1.82) is 0 Å². The first-order chi connectivity index (χ1) is 9.60. The second kappa shape index (κ2) is 8.79. The fourth-order valence-corrected chi connectivity index (χ4v) is 2.40. The van der Waals surface area contributed by atoms with Crippen LogP contribution in [-0.4, -0.2) is 12.6 Å². The molecule has 0 saturated heterocycles. The van der Waals surface area contributed by atoms with Crippen LogP contribution in [0.1, 0.15) is 50.8 Å². The normalized spacial score (nSPS) is 14.0. The van der Waals surface area contributed by atoms with Gasteiger partial charge in [0, 0.05) is 12.6 Å². The summed E-state index contributed by atoms with van der Waals surface area (Å²) in [5.41, 5.74) is 8.49. The third-order valence-electron chi connectivity index (χ3n) is 3.44. The van der Waals surface area contributed by atoms with Gasteiger partial charge in [0.25, 0.3) is 0 Å². The zero-order chi connectivity index (χ0) is 15.0. The fraction of sp³-hybridized carbons (Fsp3) is 0.556. The molecule has 0 radical (unpaired) electrons. The number of nitrogens with two attached hydrogens (primary N) is 1. The van der Waals surface area contributed by atoms with E-state index in [2.05, 4.69) is 56.3 Å². The molecule has 1 aromatic carbocycles. The Hall–Kier alpha value is -1.30. The average Bonchev–Trinajstić information content (AvgIpc) is 2.44. The van der Waals surface area contributed by atoms with Crippen LogP contribution >= 0.6 is 0 Å². The second-order valence-electron chi connectivity index (χ2n) is 5.80. The highest BCUT2D eigenvalue weighted by Crippen LogP contribution is 2.16. The van der Waals surface area contributed by atoms with Crippen molar-refractivity contribution in [2.75, 3.05) is 6.54 Å². The van der Waals surface area contributed by atoms with Gasteiger partial charge in [-0.25, -0.2) is 0 Å². The van der Waals surface area contributed by atoms with E-state index in [1.165, 1.54) is 11.1 Å². The lowest BCUT2D eigenvalue weighted by atomic mass is 9.99. The van der Waals surface area contributed by atoms with E-state index < -0.39 is 0 Å². The fourth-order valence-electron chi connectivity index (χ4n) is 2.40. The van der Waals surface area contributed by atoms with Gasteiger partial charge in [0.2, 0.25) is 0 Å². The van der Waals surface area contributed by atoms with Crippen LogP contribution in [0.15, 0.2) is 24.3 Å². The number of benzene rings is 1. The molecule has 0 heterocycles. The van der Waals surface area contributed by atoms with E-state index in [1.807, 2.05) is 0 Å². The van der Waals surface area contributed by atoms with Gasteiger partial charge in [-0.3, -0.25) is 5.32 Å². The first-order valence-electron chi connectivity index (χ1n) is 7.61. The zero-order valence-corrected chi connectivity index (χ0v) is 13.0. The molecule has 2 nitrogen and oxygen atoms in total. The molecular formula is C18H28N2. The first-order valence-corrected chi connectivity index (χ1v) is 7.61. The molecule has 3 N–H and O–H groups in total. The van der Waals surface area contributed by atoms with E-state index in [9.17, 15) is 0 Å². The third kappa shape index (κ3) is 5.36. The molecule has 0 spiro atoms. The molecule has 20 heavy (non-hydrogen) atoms. The van der Waals surface area contributed by atoms with Gasteiger partial charge in [-0.1, -0.05) is 57.4 Å². The molecule has 110 valence electrons. The van der Waals surface area contributed by atoms with Crippen molar-refractivity contribution < 1.29 is 0 Å². The molecular weight excluding hydrogens is 244 g/mol. The summed E-state index contributed by atoms with van der Waals surface area (Å²) in [5.74, 6) is 3.49. The molecule has 1 aromatic rings. The zero-order valence-electron chi connectivity index (χ0n) is 13.0. The molecule has 1 rings (SSSR count). The predicted octanol–water partition coefficient (Wildman–Crippen LogP) is 3.28. The average molecular weight is 272 g/mol. The van der Waals surface area contributed by atoms with Crippen molar-refractivity contribution in [3.63, 3.8) is 0 Å². The first kappa shape index (κ1) is 16.8. The monoisotopic (exact) mass is 272 g/mol. The molecule has 0 aliphatic carbocycles. The summed E-state index contributed by atoms with van der Waals surface area (Å²) in [6.45, 7) is 7.18.